The number of rotatable bonds is 2. The van der Waals surface area contributed by atoms with Gasteiger partial charge in [-0.1, -0.05) is 18.2 Å². The second kappa shape index (κ2) is 4.92. The maximum absolute atomic E-state index is 12.2. The molecule has 1 heterocycles. The number of carbonyl (C=O) groups excluding carboxylic acids is 1. The number of aryl methyl sites for hydroxylation is 2. The summed E-state index contributed by atoms with van der Waals surface area (Å²) in [6.45, 7) is 2.04. The highest BCUT2D eigenvalue weighted by molar-refractivity contribution is 5.94. The maximum atomic E-state index is 12.2. The lowest BCUT2D eigenvalue weighted by molar-refractivity contribution is 0.0932. The van der Waals surface area contributed by atoms with Crippen LogP contribution in [-0.4, -0.2) is 5.91 Å². The molecule has 0 bridgehead atoms. The highest BCUT2D eigenvalue weighted by Gasteiger charge is 2.26. The summed E-state index contributed by atoms with van der Waals surface area (Å²) in [5, 5.41) is 3.12. The molecule has 0 aliphatic heterocycles. The fraction of sp³-hybridized carbons (Fsp3) is 0.312. The third-order valence-corrected chi connectivity index (χ3v) is 3.69. The third-order valence-electron chi connectivity index (χ3n) is 3.69. The Kier molecular flexibility index (Phi) is 3.11. The molecule has 0 unspecified atom stereocenters. The van der Waals surface area contributed by atoms with Crippen LogP contribution in [0.25, 0.3) is 0 Å². The second-order valence-corrected chi connectivity index (χ2v) is 5.04. The normalized spacial score (nSPS) is 17.8. The van der Waals surface area contributed by atoms with Crippen LogP contribution in [-0.2, 0) is 6.42 Å². The van der Waals surface area contributed by atoms with E-state index in [-0.39, 0.29) is 11.9 Å². The van der Waals surface area contributed by atoms with Crippen LogP contribution in [0.2, 0.25) is 0 Å². The van der Waals surface area contributed by atoms with Gasteiger partial charge >= 0.3 is 0 Å². The van der Waals surface area contributed by atoms with Gasteiger partial charge < -0.3 is 9.73 Å². The molecule has 0 saturated heterocycles. The average Bonchev–Trinajstić information content (AvgIpc) is 2.83. The Morgan fingerprint density at radius 2 is 2.11 bits per heavy atom. The summed E-state index contributed by atoms with van der Waals surface area (Å²) in [4.78, 5) is 12.2. The van der Waals surface area contributed by atoms with Gasteiger partial charge in [0.25, 0.3) is 5.91 Å². The van der Waals surface area contributed by atoms with Gasteiger partial charge in [-0.2, -0.15) is 0 Å². The molecule has 0 spiro atoms. The summed E-state index contributed by atoms with van der Waals surface area (Å²) in [5.74, 6) is 1.01. The highest BCUT2D eigenvalue weighted by atomic mass is 16.3. The van der Waals surface area contributed by atoms with E-state index in [0.717, 1.165) is 30.6 Å². The number of furan rings is 1. The average molecular weight is 255 g/mol. The molecule has 2 aromatic rings. The summed E-state index contributed by atoms with van der Waals surface area (Å²) in [6.07, 6.45) is 4.80. The van der Waals surface area contributed by atoms with Crippen LogP contribution < -0.4 is 5.32 Å². The zero-order valence-corrected chi connectivity index (χ0v) is 11.0. The first-order valence-electron chi connectivity index (χ1n) is 6.68. The summed E-state index contributed by atoms with van der Waals surface area (Å²) in [5.41, 5.74) is 3.01. The lowest BCUT2D eigenvalue weighted by atomic mass is 9.90. The fourth-order valence-electron chi connectivity index (χ4n) is 2.76. The molecule has 1 N–H and O–H groups in total. The molecule has 1 aliphatic rings. The Labute approximate surface area is 112 Å². The lowest BCUT2D eigenvalue weighted by Gasteiger charge is -2.23. The first-order chi connectivity index (χ1) is 9.25. The molecule has 3 heteroatoms. The number of hydrogen-bond acceptors (Lipinski definition) is 2. The SMILES string of the molecule is Cc1coc2c1[C@@H](NC(=O)c1ccccc1)CCC2. The summed E-state index contributed by atoms with van der Waals surface area (Å²) < 4.78 is 5.55. The number of benzene rings is 1. The van der Waals surface area contributed by atoms with Crippen LogP contribution in [0.1, 0.15) is 46.1 Å². The molecule has 1 aromatic heterocycles. The summed E-state index contributed by atoms with van der Waals surface area (Å²) >= 11 is 0. The minimum Gasteiger partial charge on any atom is -0.469 e. The van der Waals surface area contributed by atoms with Gasteiger partial charge in [0.05, 0.1) is 12.3 Å². The Bertz CT molecular complexity index is 586. The molecule has 3 nitrogen and oxygen atoms in total. The smallest absolute Gasteiger partial charge is 0.251 e. The van der Waals surface area contributed by atoms with E-state index in [4.69, 9.17) is 4.42 Å². The molecular formula is C16H17NO2. The molecule has 0 fully saturated rings. The van der Waals surface area contributed by atoms with E-state index in [0.29, 0.717) is 5.56 Å². The van der Waals surface area contributed by atoms with Crippen molar-refractivity contribution in [2.75, 3.05) is 0 Å². The number of nitrogens with one attached hydrogen (secondary N) is 1. The molecule has 0 saturated carbocycles. The molecule has 98 valence electrons. The molecule has 1 aromatic carbocycles. The highest BCUT2D eigenvalue weighted by Crippen LogP contribution is 2.33. The van der Waals surface area contributed by atoms with Crippen molar-refractivity contribution in [3.05, 3.63) is 59.0 Å². The molecule has 1 atom stereocenters. The van der Waals surface area contributed by atoms with Crippen LogP contribution in [0.3, 0.4) is 0 Å². The minimum absolute atomic E-state index is 0.0148. The number of amides is 1. The fourth-order valence-corrected chi connectivity index (χ4v) is 2.76. The monoisotopic (exact) mass is 255 g/mol. The van der Waals surface area contributed by atoms with Crippen molar-refractivity contribution >= 4 is 5.91 Å². The van der Waals surface area contributed by atoms with Crippen LogP contribution in [0.5, 0.6) is 0 Å². The first kappa shape index (κ1) is 12.0. The van der Waals surface area contributed by atoms with Crippen molar-refractivity contribution in [1.82, 2.24) is 5.32 Å². The maximum Gasteiger partial charge on any atom is 0.251 e. The van der Waals surface area contributed by atoms with Crippen molar-refractivity contribution in [3.8, 4) is 0 Å². The number of fused-ring (bicyclic) bond motifs is 1. The first-order valence-corrected chi connectivity index (χ1v) is 6.68. The topological polar surface area (TPSA) is 42.2 Å². The predicted octanol–water partition coefficient (Wildman–Crippen LogP) is 3.40. The van der Waals surface area contributed by atoms with Gasteiger partial charge in [0, 0.05) is 17.5 Å². The zero-order chi connectivity index (χ0) is 13.2. The van der Waals surface area contributed by atoms with Crippen LogP contribution >= 0.6 is 0 Å². The number of hydrogen-bond donors (Lipinski definition) is 1. The Morgan fingerprint density at radius 3 is 2.89 bits per heavy atom. The van der Waals surface area contributed by atoms with Crippen molar-refractivity contribution < 1.29 is 9.21 Å². The van der Waals surface area contributed by atoms with Crippen molar-refractivity contribution in [3.63, 3.8) is 0 Å². The zero-order valence-electron chi connectivity index (χ0n) is 11.0. The van der Waals surface area contributed by atoms with Gasteiger partial charge in [-0.25, -0.2) is 0 Å². The largest absolute Gasteiger partial charge is 0.469 e. The summed E-state index contributed by atoms with van der Waals surface area (Å²) in [6, 6.07) is 9.42. The van der Waals surface area contributed by atoms with Crippen LogP contribution in [0.15, 0.2) is 41.0 Å². The van der Waals surface area contributed by atoms with Gasteiger partial charge in [0.2, 0.25) is 0 Å². The second-order valence-electron chi connectivity index (χ2n) is 5.04. The molecular weight excluding hydrogens is 238 g/mol. The molecule has 3 rings (SSSR count). The molecule has 1 amide bonds. The van der Waals surface area contributed by atoms with Gasteiger partial charge in [-0.05, 0) is 37.5 Å². The molecule has 0 radical (unpaired) electrons. The van der Waals surface area contributed by atoms with Crippen molar-refractivity contribution in [2.45, 2.75) is 32.2 Å². The van der Waals surface area contributed by atoms with Gasteiger partial charge in [-0.15, -0.1) is 0 Å². The van der Waals surface area contributed by atoms with E-state index in [1.807, 2.05) is 37.3 Å². The quantitative estimate of drug-likeness (QED) is 0.893. The summed E-state index contributed by atoms with van der Waals surface area (Å²) in [7, 11) is 0. The molecule has 1 aliphatic carbocycles. The van der Waals surface area contributed by atoms with E-state index in [2.05, 4.69) is 5.32 Å². The van der Waals surface area contributed by atoms with E-state index in [1.54, 1.807) is 6.26 Å². The van der Waals surface area contributed by atoms with Gasteiger partial charge in [0.1, 0.15) is 5.76 Å². The van der Waals surface area contributed by atoms with E-state index in [1.165, 1.54) is 5.56 Å². The number of carbonyl (C=O) groups is 1. The predicted molar refractivity (Wildman–Crippen MR) is 73.0 cm³/mol. The Hall–Kier alpha value is -2.03. The Morgan fingerprint density at radius 1 is 1.32 bits per heavy atom. The van der Waals surface area contributed by atoms with Crippen molar-refractivity contribution in [1.29, 1.82) is 0 Å². The Balaban J connectivity index is 1.82. The van der Waals surface area contributed by atoms with E-state index in [9.17, 15) is 4.79 Å². The van der Waals surface area contributed by atoms with Crippen LogP contribution in [0, 0.1) is 6.92 Å². The standard InChI is InChI=1S/C16H17NO2/c1-11-10-19-14-9-5-8-13(15(11)14)17-16(18)12-6-3-2-4-7-12/h2-4,6-7,10,13H,5,8-9H2,1H3,(H,17,18)/t13-/m0/s1. The van der Waals surface area contributed by atoms with E-state index >= 15 is 0 Å². The van der Waals surface area contributed by atoms with Crippen molar-refractivity contribution in [2.24, 2.45) is 0 Å². The van der Waals surface area contributed by atoms with Crippen LogP contribution in [0.4, 0.5) is 0 Å². The van der Waals surface area contributed by atoms with E-state index < -0.39 is 0 Å². The molecule has 19 heavy (non-hydrogen) atoms. The van der Waals surface area contributed by atoms with Gasteiger partial charge in [-0.3, -0.25) is 4.79 Å². The third kappa shape index (κ3) is 2.28. The minimum atomic E-state index is -0.0148. The van der Waals surface area contributed by atoms with Gasteiger partial charge in [0.15, 0.2) is 0 Å². The lowest BCUT2D eigenvalue weighted by Crippen LogP contribution is -2.30.